The van der Waals surface area contributed by atoms with Crippen LogP contribution in [0.3, 0.4) is 0 Å². The van der Waals surface area contributed by atoms with E-state index in [0.29, 0.717) is 5.56 Å². The van der Waals surface area contributed by atoms with E-state index in [0.717, 1.165) is 54.7 Å². The summed E-state index contributed by atoms with van der Waals surface area (Å²) < 4.78 is 40.0. The van der Waals surface area contributed by atoms with E-state index in [1.165, 1.54) is 12.1 Å². The van der Waals surface area contributed by atoms with E-state index < -0.39 is 29.6 Å². The maximum absolute atomic E-state index is 13.4. The van der Waals surface area contributed by atoms with Gasteiger partial charge in [0.05, 0.1) is 5.56 Å². The van der Waals surface area contributed by atoms with Gasteiger partial charge in [0.2, 0.25) is 5.91 Å². The lowest BCUT2D eigenvalue weighted by atomic mass is 9.94. The minimum absolute atomic E-state index is 0.0483. The zero-order valence-corrected chi connectivity index (χ0v) is 17.8. The molecule has 0 aromatic heterocycles. The maximum Gasteiger partial charge on any atom is 0.416 e. The van der Waals surface area contributed by atoms with Crippen molar-refractivity contribution >= 4 is 17.5 Å². The molecule has 1 aliphatic rings. The molecule has 1 atom stereocenters. The van der Waals surface area contributed by atoms with Crippen LogP contribution in [0.2, 0.25) is 0 Å². The number of carbonyl (C=O) groups excluding carboxylic acids is 2. The Hall–Kier alpha value is -3.27. The number of benzene rings is 2. The Kier molecular flexibility index (Phi) is 7.24. The number of hydrogen-bond donors (Lipinski definition) is 1. The van der Waals surface area contributed by atoms with Crippen LogP contribution in [0.4, 0.5) is 18.9 Å². The van der Waals surface area contributed by atoms with Crippen LogP contribution in [0, 0.1) is 19.3 Å². The number of aryl methyl sites for hydroxylation is 1. The second-order valence-corrected chi connectivity index (χ2v) is 8.03. The summed E-state index contributed by atoms with van der Waals surface area (Å²) >= 11 is 0. The van der Waals surface area contributed by atoms with Crippen LogP contribution in [0.15, 0.2) is 48.5 Å². The van der Waals surface area contributed by atoms with Crippen molar-refractivity contribution in [3.8, 4) is 12.3 Å². The zero-order chi connectivity index (χ0) is 23.3. The SMILES string of the molecule is C#CC(=O)N(c1cccc(C(F)(F)F)c1)C(C(=O)NC1CCCCC1)c1cccc(C)c1. The highest BCUT2D eigenvalue weighted by molar-refractivity contribution is 6.09. The van der Waals surface area contributed by atoms with Crippen LogP contribution in [0.5, 0.6) is 0 Å². The van der Waals surface area contributed by atoms with Gasteiger partial charge in [-0.1, -0.05) is 55.2 Å². The van der Waals surface area contributed by atoms with Gasteiger partial charge in [-0.25, -0.2) is 0 Å². The van der Waals surface area contributed by atoms with Gasteiger partial charge >= 0.3 is 12.1 Å². The molecule has 1 saturated carbocycles. The number of halogens is 3. The second-order valence-electron chi connectivity index (χ2n) is 8.03. The number of carbonyl (C=O) groups is 2. The molecule has 4 nitrogen and oxygen atoms in total. The monoisotopic (exact) mass is 442 g/mol. The summed E-state index contributed by atoms with van der Waals surface area (Å²) in [6.45, 7) is 1.83. The van der Waals surface area contributed by atoms with Gasteiger partial charge in [-0.2, -0.15) is 13.2 Å². The van der Waals surface area contributed by atoms with Crippen LogP contribution in [-0.2, 0) is 15.8 Å². The van der Waals surface area contributed by atoms with Crippen molar-refractivity contribution in [2.45, 2.75) is 57.3 Å². The average Bonchev–Trinajstić information content (AvgIpc) is 2.77. The predicted molar refractivity (Wildman–Crippen MR) is 117 cm³/mol. The minimum Gasteiger partial charge on any atom is -0.351 e. The lowest BCUT2D eigenvalue weighted by Crippen LogP contribution is -2.47. The Labute approximate surface area is 185 Å². The van der Waals surface area contributed by atoms with E-state index in [-0.39, 0.29) is 11.7 Å². The molecule has 0 saturated heterocycles. The summed E-state index contributed by atoms with van der Waals surface area (Å²) in [6.07, 6.45) is 5.47. The zero-order valence-electron chi connectivity index (χ0n) is 17.8. The third kappa shape index (κ3) is 5.50. The van der Waals surface area contributed by atoms with E-state index in [1.54, 1.807) is 18.2 Å². The van der Waals surface area contributed by atoms with Gasteiger partial charge in [-0.3, -0.25) is 14.5 Å². The molecular weight excluding hydrogens is 417 g/mol. The van der Waals surface area contributed by atoms with Gasteiger partial charge in [-0.15, -0.1) is 6.42 Å². The van der Waals surface area contributed by atoms with E-state index in [2.05, 4.69) is 5.32 Å². The molecule has 3 rings (SSSR count). The van der Waals surface area contributed by atoms with E-state index in [9.17, 15) is 22.8 Å². The van der Waals surface area contributed by atoms with E-state index >= 15 is 0 Å². The molecule has 1 fully saturated rings. The average molecular weight is 442 g/mol. The largest absolute Gasteiger partial charge is 0.416 e. The molecule has 1 aliphatic carbocycles. The number of anilines is 1. The van der Waals surface area contributed by atoms with Gasteiger partial charge in [0, 0.05) is 11.7 Å². The molecule has 0 radical (unpaired) electrons. The normalized spacial score (nSPS) is 15.5. The Bertz CT molecular complexity index is 1020. The lowest BCUT2D eigenvalue weighted by Gasteiger charge is -2.32. The van der Waals surface area contributed by atoms with Crippen molar-refractivity contribution in [1.29, 1.82) is 0 Å². The van der Waals surface area contributed by atoms with Gasteiger partial charge in [-0.05, 0) is 49.4 Å². The van der Waals surface area contributed by atoms with Gasteiger partial charge in [0.25, 0.3) is 0 Å². The molecule has 32 heavy (non-hydrogen) atoms. The quantitative estimate of drug-likeness (QED) is 0.650. The van der Waals surface area contributed by atoms with Crippen LogP contribution in [0.25, 0.3) is 0 Å². The topological polar surface area (TPSA) is 49.4 Å². The number of hydrogen-bond acceptors (Lipinski definition) is 2. The predicted octanol–water partition coefficient (Wildman–Crippen LogP) is 5.17. The highest BCUT2D eigenvalue weighted by atomic mass is 19.4. The second kappa shape index (κ2) is 9.90. The summed E-state index contributed by atoms with van der Waals surface area (Å²) in [5, 5.41) is 2.99. The first-order valence-corrected chi connectivity index (χ1v) is 10.5. The molecule has 1 N–H and O–H groups in total. The molecule has 0 bridgehead atoms. The molecule has 168 valence electrons. The highest BCUT2D eigenvalue weighted by Crippen LogP contribution is 2.35. The van der Waals surface area contributed by atoms with Crippen LogP contribution in [0.1, 0.15) is 54.8 Å². The Morgan fingerprint density at radius 3 is 2.41 bits per heavy atom. The summed E-state index contributed by atoms with van der Waals surface area (Å²) in [7, 11) is 0. The summed E-state index contributed by atoms with van der Waals surface area (Å²) in [5.41, 5.74) is 0.294. The number of rotatable bonds is 5. The smallest absolute Gasteiger partial charge is 0.351 e. The van der Waals surface area contributed by atoms with Gasteiger partial charge in [0.15, 0.2) is 0 Å². The fourth-order valence-corrected chi connectivity index (χ4v) is 4.07. The first-order valence-electron chi connectivity index (χ1n) is 10.5. The third-order valence-corrected chi connectivity index (χ3v) is 5.61. The van der Waals surface area contributed by atoms with Crippen molar-refractivity contribution in [3.63, 3.8) is 0 Å². The lowest BCUT2D eigenvalue weighted by molar-refractivity contribution is -0.137. The number of nitrogens with one attached hydrogen (secondary N) is 1. The first-order chi connectivity index (χ1) is 15.2. The number of terminal acetylenes is 1. The van der Waals surface area contributed by atoms with E-state index in [1.807, 2.05) is 18.9 Å². The molecule has 1 unspecified atom stereocenters. The number of nitrogens with zero attached hydrogens (tertiary/aromatic N) is 1. The standard InChI is InChI=1S/C25H25F3N2O2/c1-3-22(31)30(21-14-8-11-19(16-21)25(26,27)28)23(18-10-7-9-17(2)15-18)24(32)29-20-12-5-4-6-13-20/h1,7-11,14-16,20,23H,4-6,12-13H2,2H3,(H,29,32). The Balaban J connectivity index is 2.09. The Morgan fingerprint density at radius 2 is 1.78 bits per heavy atom. The minimum atomic E-state index is -4.61. The van der Waals surface area contributed by atoms with Gasteiger partial charge < -0.3 is 5.32 Å². The molecule has 0 aliphatic heterocycles. The van der Waals surface area contributed by atoms with Crippen molar-refractivity contribution in [1.82, 2.24) is 5.32 Å². The Morgan fingerprint density at radius 1 is 1.09 bits per heavy atom. The number of alkyl halides is 3. The fraction of sp³-hybridized carbons (Fsp3) is 0.360. The van der Waals surface area contributed by atoms with Crippen LogP contribution < -0.4 is 10.2 Å². The summed E-state index contributed by atoms with van der Waals surface area (Å²) in [4.78, 5) is 27.2. The first kappa shape index (κ1) is 23.4. The highest BCUT2D eigenvalue weighted by Gasteiger charge is 2.36. The summed E-state index contributed by atoms with van der Waals surface area (Å²) in [6, 6.07) is 10.0. The molecule has 0 heterocycles. The number of amides is 2. The molecule has 2 aromatic carbocycles. The molecular formula is C25H25F3N2O2. The van der Waals surface area contributed by atoms with Crippen LogP contribution >= 0.6 is 0 Å². The maximum atomic E-state index is 13.4. The van der Waals surface area contributed by atoms with Gasteiger partial charge in [0.1, 0.15) is 6.04 Å². The summed E-state index contributed by atoms with van der Waals surface area (Å²) in [5.74, 6) is 0.608. The molecule has 2 amide bonds. The fourth-order valence-electron chi connectivity index (χ4n) is 4.07. The van der Waals surface area contributed by atoms with Crippen molar-refractivity contribution in [2.24, 2.45) is 0 Å². The molecule has 7 heteroatoms. The third-order valence-electron chi connectivity index (χ3n) is 5.61. The van der Waals surface area contributed by atoms with Crippen molar-refractivity contribution in [2.75, 3.05) is 4.90 Å². The van der Waals surface area contributed by atoms with Crippen LogP contribution in [-0.4, -0.2) is 17.9 Å². The molecule has 2 aromatic rings. The van der Waals surface area contributed by atoms with Crippen molar-refractivity contribution in [3.05, 3.63) is 65.2 Å². The molecule has 0 spiro atoms. The van der Waals surface area contributed by atoms with Crippen molar-refractivity contribution < 1.29 is 22.8 Å². The van der Waals surface area contributed by atoms with E-state index in [4.69, 9.17) is 6.42 Å².